The van der Waals surface area contributed by atoms with Crippen LogP contribution in [0.1, 0.15) is 47.4 Å². The molecule has 1 aliphatic rings. The Kier molecular flexibility index (Phi) is 6.29. The first-order valence-corrected chi connectivity index (χ1v) is 9.68. The Balaban J connectivity index is 1.80. The number of likely N-dealkylation sites (tertiary alicyclic amines) is 1. The maximum Gasteiger partial charge on any atom is 0.313 e. The van der Waals surface area contributed by atoms with E-state index in [1.807, 2.05) is 26.0 Å². The second-order valence-electron chi connectivity index (χ2n) is 7.49. The number of hydrogen-bond donors (Lipinski definition) is 2. The second kappa shape index (κ2) is 8.89. The van der Waals surface area contributed by atoms with Gasteiger partial charge >= 0.3 is 11.8 Å². The molecular weight excluding hydrogens is 386 g/mol. The molecule has 0 saturated carbocycles. The molecular formula is C21H25N5O4. The minimum Gasteiger partial charge on any atom is -0.480 e. The largest absolute Gasteiger partial charge is 0.480 e. The highest BCUT2D eigenvalue weighted by molar-refractivity contribution is 6.39. The molecule has 3 rings (SSSR count). The Morgan fingerprint density at radius 2 is 1.97 bits per heavy atom. The summed E-state index contributed by atoms with van der Waals surface area (Å²) in [6.07, 6.45) is 4.76. The molecule has 2 aromatic heterocycles. The van der Waals surface area contributed by atoms with Gasteiger partial charge in [-0.25, -0.2) is 4.98 Å². The van der Waals surface area contributed by atoms with Gasteiger partial charge in [0.15, 0.2) is 0 Å². The normalized spacial score (nSPS) is 18.6. The highest BCUT2D eigenvalue weighted by Gasteiger charge is 2.34. The number of carbonyl (C=O) groups is 3. The van der Waals surface area contributed by atoms with Gasteiger partial charge in [-0.2, -0.15) is 0 Å². The molecule has 158 valence electrons. The Morgan fingerprint density at radius 3 is 2.60 bits per heavy atom. The van der Waals surface area contributed by atoms with Crippen LogP contribution in [0.25, 0.3) is 0 Å². The first kappa shape index (κ1) is 21.2. The van der Waals surface area contributed by atoms with Gasteiger partial charge in [-0.1, -0.05) is 13.0 Å². The van der Waals surface area contributed by atoms with Gasteiger partial charge in [0.1, 0.15) is 5.56 Å². The first-order valence-electron chi connectivity index (χ1n) is 9.68. The van der Waals surface area contributed by atoms with Gasteiger partial charge in [-0.05, 0) is 43.4 Å². The van der Waals surface area contributed by atoms with Crippen molar-refractivity contribution in [3.05, 3.63) is 47.4 Å². The number of piperidine rings is 1. The van der Waals surface area contributed by atoms with Crippen LogP contribution < -0.4 is 15.8 Å². The number of ether oxygens (including phenoxy) is 1. The van der Waals surface area contributed by atoms with E-state index in [0.29, 0.717) is 6.54 Å². The summed E-state index contributed by atoms with van der Waals surface area (Å²) in [4.78, 5) is 47.1. The molecule has 0 radical (unpaired) electrons. The summed E-state index contributed by atoms with van der Waals surface area (Å²) in [5.74, 6) is -1.89. The van der Waals surface area contributed by atoms with Crippen LogP contribution >= 0.6 is 0 Å². The average molecular weight is 411 g/mol. The zero-order chi connectivity index (χ0) is 21.8. The molecule has 3 N–H and O–H groups in total. The van der Waals surface area contributed by atoms with Crippen LogP contribution in [0.5, 0.6) is 5.88 Å². The number of methoxy groups -OCH3 is 1. The molecule has 0 aliphatic carbocycles. The highest BCUT2D eigenvalue weighted by Crippen LogP contribution is 2.33. The molecule has 0 unspecified atom stereocenters. The van der Waals surface area contributed by atoms with E-state index >= 15 is 0 Å². The van der Waals surface area contributed by atoms with E-state index in [2.05, 4.69) is 15.3 Å². The van der Waals surface area contributed by atoms with E-state index in [0.717, 1.165) is 24.1 Å². The quantitative estimate of drug-likeness (QED) is 0.739. The Bertz CT molecular complexity index is 960. The molecule has 3 heterocycles. The molecule has 3 amide bonds. The second-order valence-corrected chi connectivity index (χ2v) is 7.49. The third-order valence-corrected chi connectivity index (χ3v) is 5.16. The van der Waals surface area contributed by atoms with Crippen LogP contribution in [0.4, 0.5) is 5.69 Å². The Labute approximate surface area is 174 Å². The predicted molar refractivity (Wildman–Crippen MR) is 110 cm³/mol. The third-order valence-electron chi connectivity index (χ3n) is 5.16. The van der Waals surface area contributed by atoms with Crippen LogP contribution in [0.2, 0.25) is 0 Å². The topological polar surface area (TPSA) is 128 Å². The standard InChI is InChI=1S/C21H25N5O4/c1-12-4-7-17(14-6-5-13(2)23-9-14)26(11-12)21(29)19(28)25-15-8-16(18(22)27)20(30-3)24-10-15/h5-6,8-10,12,17H,4,7,11H2,1-3H3,(H2,22,27)(H,25,28)/t12-,17+/m0/s1. The van der Waals surface area contributed by atoms with E-state index < -0.39 is 17.7 Å². The fourth-order valence-electron chi connectivity index (χ4n) is 3.57. The van der Waals surface area contributed by atoms with Gasteiger partial charge in [0, 0.05) is 18.4 Å². The van der Waals surface area contributed by atoms with E-state index in [1.165, 1.54) is 19.4 Å². The summed E-state index contributed by atoms with van der Waals surface area (Å²) in [6.45, 7) is 4.42. The zero-order valence-electron chi connectivity index (χ0n) is 17.2. The zero-order valence-corrected chi connectivity index (χ0v) is 17.2. The number of carbonyl (C=O) groups excluding carboxylic acids is 3. The monoisotopic (exact) mass is 411 g/mol. The van der Waals surface area contributed by atoms with Crippen LogP contribution in [0, 0.1) is 12.8 Å². The van der Waals surface area contributed by atoms with Crippen molar-refractivity contribution in [2.45, 2.75) is 32.7 Å². The molecule has 1 fully saturated rings. The Hall–Kier alpha value is -3.49. The molecule has 1 aliphatic heterocycles. The molecule has 2 aromatic rings. The summed E-state index contributed by atoms with van der Waals surface area (Å²) in [5, 5.41) is 2.51. The van der Waals surface area contributed by atoms with Crippen molar-refractivity contribution in [1.29, 1.82) is 0 Å². The van der Waals surface area contributed by atoms with Gasteiger partial charge < -0.3 is 20.7 Å². The van der Waals surface area contributed by atoms with Crippen molar-refractivity contribution < 1.29 is 19.1 Å². The smallest absolute Gasteiger partial charge is 0.313 e. The summed E-state index contributed by atoms with van der Waals surface area (Å²) >= 11 is 0. The highest BCUT2D eigenvalue weighted by atomic mass is 16.5. The Morgan fingerprint density at radius 1 is 1.20 bits per heavy atom. The van der Waals surface area contributed by atoms with Crippen molar-refractivity contribution in [1.82, 2.24) is 14.9 Å². The number of rotatable bonds is 4. The van der Waals surface area contributed by atoms with Gasteiger partial charge in [0.25, 0.3) is 5.91 Å². The van der Waals surface area contributed by atoms with Crippen molar-refractivity contribution in [3.63, 3.8) is 0 Å². The SMILES string of the molecule is COc1ncc(NC(=O)C(=O)N2C[C@@H](C)CC[C@@H]2c2ccc(C)nc2)cc1C(N)=O. The number of pyridine rings is 2. The molecule has 1 saturated heterocycles. The minimum atomic E-state index is -0.809. The lowest BCUT2D eigenvalue weighted by Gasteiger charge is -2.38. The minimum absolute atomic E-state index is 0.0120. The van der Waals surface area contributed by atoms with Crippen molar-refractivity contribution in [2.75, 3.05) is 19.0 Å². The van der Waals surface area contributed by atoms with Gasteiger partial charge in [0.05, 0.1) is 25.0 Å². The number of nitrogens with zero attached hydrogens (tertiary/aromatic N) is 3. The van der Waals surface area contributed by atoms with Gasteiger partial charge in [-0.3, -0.25) is 19.4 Å². The van der Waals surface area contributed by atoms with Gasteiger partial charge in [-0.15, -0.1) is 0 Å². The van der Waals surface area contributed by atoms with Crippen LogP contribution in [-0.4, -0.2) is 46.2 Å². The van der Waals surface area contributed by atoms with E-state index in [4.69, 9.17) is 10.5 Å². The number of nitrogens with two attached hydrogens (primary N) is 1. The van der Waals surface area contributed by atoms with Crippen molar-refractivity contribution >= 4 is 23.4 Å². The summed E-state index contributed by atoms with van der Waals surface area (Å²) in [5.41, 5.74) is 7.30. The molecule has 0 spiro atoms. The molecule has 0 aromatic carbocycles. The lowest BCUT2D eigenvalue weighted by molar-refractivity contribution is -0.146. The van der Waals surface area contributed by atoms with Crippen LogP contribution in [0.15, 0.2) is 30.6 Å². The summed E-state index contributed by atoms with van der Waals surface area (Å²) in [7, 11) is 1.36. The fourth-order valence-corrected chi connectivity index (χ4v) is 3.57. The maximum absolute atomic E-state index is 13.0. The lowest BCUT2D eigenvalue weighted by Crippen LogP contribution is -2.46. The number of aryl methyl sites for hydroxylation is 1. The van der Waals surface area contributed by atoms with Crippen molar-refractivity contribution in [3.8, 4) is 5.88 Å². The molecule has 30 heavy (non-hydrogen) atoms. The number of anilines is 1. The summed E-state index contributed by atoms with van der Waals surface area (Å²) in [6, 6.07) is 4.94. The number of amides is 3. The first-order chi connectivity index (χ1) is 14.3. The van der Waals surface area contributed by atoms with E-state index in [-0.39, 0.29) is 29.1 Å². The average Bonchev–Trinajstić information content (AvgIpc) is 2.73. The van der Waals surface area contributed by atoms with E-state index in [1.54, 1.807) is 11.1 Å². The third kappa shape index (κ3) is 4.56. The fraction of sp³-hybridized carbons (Fsp3) is 0.381. The predicted octanol–water partition coefficient (Wildman–Crippen LogP) is 1.83. The number of hydrogen-bond acceptors (Lipinski definition) is 6. The summed E-state index contributed by atoms with van der Waals surface area (Å²) < 4.78 is 4.99. The molecule has 9 nitrogen and oxygen atoms in total. The van der Waals surface area contributed by atoms with Crippen molar-refractivity contribution in [2.24, 2.45) is 11.7 Å². The van der Waals surface area contributed by atoms with Crippen LogP contribution in [0.3, 0.4) is 0 Å². The lowest BCUT2D eigenvalue weighted by atomic mass is 9.90. The van der Waals surface area contributed by atoms with E-state index in [9.17, 15) is 14.4 Å². The molecule has 0 bridgehead atoms. The number of aromatic nitrogens is 2. The number of nitrogens with one attached hydrogen (secondary N) is 1. The van der Waals surface area contributed by atoms with Gasteiger partial charge in [0.2, 0.25) is 5.88 Å². The van der Waals surface area contributed by atoms with Crippen LogP contribution in [-0.2, 0) is 9.59 Å². The molecule has 2 atom stereocenters. The maximum atomic E-state index is 13.0. The molecule has 9 heteroatoms. The number of primary amides is 1.